The van der Waals surface area contributed by atoms with Crippen molar-refractivity contribution in [2.45, 2.75) is 19.4 Å². The molecule has 0 unspecified atom stereocenters. The van der Waals surface area contributed by atoms with E-state index in [1.165, 1.54) is 5.56 Å². The average molecular weight is 344 g/mol. The van der Waals surface area contributed by atoms with Gasteiger partial charge < -0.3 is 10.2 Å². The van der Waals surface area contributed by atoms with Crippen LogP contribution in [-0.4, -0.2) is 22.4 Å². The van der Waals surface area contributed by atoms with Crippen molar-refractivity contribution in [3.05, 3.63) is 83.8 Å². The Morgan fingerprint density at radius 3 is 2.73 bits per heavy atom. The van der Waals surface area contributed by atoms with Crippen LogP contribution in [0, 0.1) is 0 Å². The van der Waals surface area contributed by atoms with E-state index >= 15 is 0 Å². The molecule has 130 valence electrons. The van der Waals surface area contributed by atoms with E-state index < -0.39 is 0 Å². The number of pyridine rings is 2. The number of aryl methyl sites for hydroxylation is 1. The molecule has 1 aliphatic rings. The van der Waals surface area contributed by atoms with Crippen molar-refractivity contribution >= 4 is 17.4 Å². The molecule has 0 aliphatic carbocycles. The van der Waals surface area contributed by atoms with Gasteiger partial charge in [-0.05, 0) is 48.7 Å². The number of aromatic nitrogens is 2. The molecule has 5 heteroatoms. The van der Waals surface area contributed by atoms with Gasteiger partial charge in [0.25, 0.3) is 5.91 Å². The summed E-state index contributed by atoms with van der Waals surface area (Å²) in [6, 6.07) is 17.6. The number of fused-ring (bicyclic) bond motifs is 1. The van der Waals surface area contributed by atoms with E-state index in [1.54, 1.807) is 18.5 Å². The van der Waals surface area contributed by atoms with Gasteiger partial charge in [0.2, 0.25) is 0 Å². The van der Waals surface area contributed by atoms with E-state index in [1.807, 2.05) is 30.3 Å². The molecular weight excluding hydrogens is 324 g/mol. The molecule has 0 saturated heterocycles. The fraction of sp³-hybridized carbons (Fsp3) is 0.190. The molecule has 3 aromatic rings. The number of carbonyl (C=O) groups excluding carboxylic acids is 1. The third kappa shape index (κ3) is 3.28. The highest BCUT2D eigenvalue weighted by Gasteiger charge is 2.23. The topological polar surface area (TPSA) is 58.1 Å². The zero-order valence-corrected chi connectivity index (χ0v) is 14.4. The molecule has 0 saturated carbocycles. The first-order chi connectivity index (χ1) is 12.8. The number of carbonyl (C=O) groups is 1. The standard InChI is InChI=1S/C21H20N4O/c26-21(24-15-17-9-3-4-12-22-17)18-10-5-13-23-20(18)25-14-6-8-16-7-1-2-11-19(16)25/h1-5,7,9-13H,6,8,14-15H2,(H,24,26). The first kappa shape index (κ1) is 16.3. The molecule has 4 rings (SSSR count). The Kier molecular flexibility index (Phi) is 4.60. The van der Waals surface area contributed by atoms with Gasteiger partial charge in [-0.15, -0.1) is 0 Å². The zero-order chi connectivity index (χ0) is 17.8. The van der Waals surface area contributed by atoms with Crippen LogP contribution in [0.2, 0.25) is 0 Å². The minimum Gasteiger partial charge on any atom is -0.346 e. The lowest BCUT2D eigenvalue weighted by Crippen LogP contribution is -2.30. The Hall–Kier alpha value is -3.21. The third-order valence-electron chi connectivity index (χ3n) is 4.55. The Balaban J connectivity index is 1.60. The van der Waals surface area contributed by atoms with Crippen LogP contribution >= 0.6 is 0 Å². The lowest BCUT2D eigenvalue weighted by Gasteiger charge is -2.31. The molecule has 3 heterocycles. The predicted molar refractivity (Wildman–Crippen MR) is 101 cm³/mol. The second-order valence-electron chi connectivity index (χ2n) is 6.26. The number of nitrogens with zero attached hydrogens (tertiary/aromatic N) is 3. The lowest BCUT2D eigenvalue weighted by molar-refractivity contribution is 0.0950. The highest BCUT2D eigenvalue weighted by molar-refractivity contribution is 5.99. The van der Waals surface area contributed by atoms with Gasteiger partial charge in [0, 0.05) is 24.6 Å². The van der Waals surface area contributed by atoms with Crippen LogP contribution in [0.4, 0.5) is 11.5 Å². The van der Waals surface area contributed by atoms with Crippen LogP contribution < -0.4 is 10.2 Å². The van der Waals surface area contributed by atoms with Gasteiger partial charge >= 0.3 is 0 Å². The monoisotopic (exact) mass is 344 g/mol. The van der Waals surface area contributed by atoms with Gasteiger partial charge in [-0.3, -0.25) is 9.78 Å². The van der Waals surface area contributed by atoms with Crippen LogP contribution in [-0.2, 0) is 13.0 Å². The van der Waals surface area contributed by atoms with Crippen molar-refractivity contribution in [1.29, 1.82) is 0 Å². The SMILES string of the molecule is O=C(NCc1ccccn1)c1cccnc1N1CCCc2ccccc21. The zero-order valence-electron chi connectivity index (χ0n) is 14.4. The molecule has 1 N–H and O–H groups in total. The van der Waals surface area contributed by atoms with Gasteiger partial charge in [0.1, 0.15) is 5.82 Å². The molecule has 0 radical (unpaired) electrons. The molecule has 1 amide bonds. The summed E-state index contributed by atoms with van der Waals surface area (Å²) in [5, 5.41) is 2.95. The second kappa shape index (κ2) is 7.35. The molecule has 5 nitrogen and oxygen atoms in total. The summed E-state index contributed by atoms with van der Waals surface area (Å²) >= 11 is 0. The summed E-state index contributed by atoms with van der Waals surface area (Å²) in [6.07, 6.45) is 5.56. The smallest absolute Gasteiger partial charge is 0.255 e. The van der Waals surface area contributed by atoms with Crippen molar-refractivity contribution in [3.8, 4) is 0 Å². The number of rotatable bonds is 4. The molecule has 1 aliphatic heterocycles. The first-order valence-corrected chi connectivity index (χ1v) is 8.81. The maximum absolute atomic E-state index is 12.8. The summed E-state index contributed by atoms with van der Waals surface area (Å²) in [5.41, 5.74) is 3.84. The minimum absolute atomic E-state index is 0.137. The van der Waals surface area contributed by atoms with E-state index in [9.17, 15) is 4.79 Å². The summed E-state index contributed by atoms with van der Waals surface area (Å²) < 4.78 is 0. The van der Waals surface area contributed by atoms with Crippen LogP contribution in [0.25, 0.3) is 0 Å². The Morgan fingerprint density at radius 1 is 1.00 bits per heavy atom. The molecule has 1 aromatic carbocycles. The van der Waals surface area contributed by atoms with Crippen molar-refractivity contribution < 1.29 is 4.79 Å². The molecule has 0 spiro atoms. The maximum Gasteiger partial charge on any atom is 0.255 e. The molecule has 0 bridgehead atoms. The predicted octanol–water partition coefficient (Wildman–Crippen LogP) is 3.49. The Bertz CT molecular complexity index is 911. The van der Waals surface area contributed by atoms with E-state index in [0.29, 0.717) is 17.9 Å². The van der Waals surface area contributed by atoms with Crippen molar-refractivity contribution in [2.75, 3.05) is 11.4 Å². The number of para-hydroxylation sites is 1. The van der Waals surface area contributed by atoms with Crippen LogP contribution in [0.1, 0.15) is 28.0 Å². The fourth-order valence-corrected chi connectivity index (χ4v) is 3.31. The molecule has 0 atom stereocenters. The number of hydrogen-bond acceptors (Lipinski definition) is 4. The van der Waals surface area contributed by atoms with Gasteiger partial charge in [0.05, 0.1) is 17.8 Å². The summed E-state index contributed by atoms with van der Waals surface area (Å²) in [7, 11) is 0. The van der Waals surface area contributed by atoms with Crippen LogP contribution in [0.3, 0.4) is 0 Å². The number of benzene rings is 1. The molecular formula is C21H20N4O. The number of amides is 1. The van der Waals surface area contributed by atoms with Crippen molar-refractivity contribution in [3.63, 3.8) is 0 Å². The van der Waals surface area contributed by atoms with E-state index in [0.717, 1.165) is 30.8 Å². The highest BCUT2D eigenvalue weighted by atomic mass is 16.1. The lowest BCUT2D eigenvalue weighted by atomic mass is 10.0. The Labute approximate surface area is 152 Å². The quantitative estimate of drug-likeness (QED) is 0.787. The van der Waals surface area contributed by atoms with E-state index in [4.69, 9.17) is 0 Å². The first-order valence-electron chi connectivity index (χ1n) is 8.81. The maximum atomic E-state index is 12.8. The van der Waals surface area contributed by atoms with Gasteiger partial charge in [-0.1, -0.05) is 24.3 Å². The number of anilines is 2. The number of nitrogens with one attached hydrogen (secondary N) is 1. The molecule has 2 aromatic heterocycles. The van der Waals surface area contributed by atoms with E-state index in [-0.39, 0.29) is 5.91 Å². The highest BCUT2D eigenvalue weighted by Crippen LogP contribution is 2.33. The molecule has 0 fully saturated rings. The van der Waals surface area contributed by atoms with Gasteiger partial charge in [-0.2, -0.15) is 0 Å². The van der Waals surface area contributed by atoms with Crippen molar-refractivity contribution in [1.82, 2.24) is 15.3 Å². The van der Waals surface area contributed by atoms with Gasteiger partial charge in [-0.25, -0.2) is 4.98 Å². The minimum atomic E-state index is -0.137. The third-order valence-corrected chi connectivity index (χ3v) is 4.55. The summed E-state index contributed by atoms with van der Waals surface area (Å²) in [5.74, 6) is 0.569. The molecule has 26 heavy (non-hydrogen) atoms. The summed E-state index contributed by atoms with van der Waals surface area (Å²) in [6.45, 7) is 1.25. The van der Waals surface area contributed by atoms with E-state index in [2.05, 4.69) is 38.4 Å². The van der Waals surface area contributed by atoms with Crippen LogP contribution in [0.15, 0.2) is 67.0 Å². The average Bonchev–Trinajstić information content (AvgIpc) is 2.72. The Morgan fingerprint density at radius 2 is 1.85 bits per heavy atom. The van der Waals surface area contributed by atoms with Crippen molar-refractivity contribution in [2.24, 2.45) is 0 Å². The fourth-order valence-electron chi connectivity index (χ4n) is 3.31. The number of hydrogen-bond donors (Lipinski definition) is 1. The van der Waals surface area contributed by atoms with Crippen LogP contribution in [0.5, 0.6) is 0 Å². The second-order valence-corrected chi connectivity index (χ2v) is 6.26. The summed E-state index contributed by atoms with van der Waals surface area (Å²) in [4.78, 5) is 23.7. The largest absolute Gasteiger partial charge is 0.346 e. The van der Waals surface area contributed by atoms with Gasteiger partial charge in [0.15, 0.2) is 0 Å². The normalized spacial score (nSPS) is 13.2.